The lowest BCUT2D eigenvalue weighted by Gasteiger charge is -2.08. The van der Waals surface area contributed by atoms with Crippen LogP contribution in [0, 0.1) is 0 Å². The van der Waals surface area contributed by atoms with E-state index >= 15 is 0 Å². The second-order valence-electron chi connectivity index (χ2n) is 5.05. The van der Waals surface area contributed by atoms with Gasteiger partial charge in [0.05, 0.1) is 0 Å². The highest BCUT2D eigenvalue weighted by Gasteiger charge is 2.05. The van der Waals surface area contributed by atoms with Gasteiger partial charge in [-0.15, -0.1) is 25.3 Å². The summed E-state index contributed by atoms with van der Waals surface area (Å²) in [6.45, 7) is 0. The Kier molecular flexibility index (Phi) is 2.69. The van der Waals surface area contributed by atoms with Crippen LogP contribution in [0.4, 0.5) is 0 Å². The first-order chi connectivity index (χ1) is 9.72. The lowest BCUT2D eigenvalue weighted by Crippen LogP contribution is -1.81. The van der Waals surface area contributed by atoms with Crippen LogP contribution in [0.3, 0.4) is 0 Å². The van der Waals surface area contributed by atoms with Crippen LogP contribution in [0.5, 0.6) is 0 Å². The van der Waals surface area contributed by atoms with E-state index in [1.165, 1.54) is 26.9 Å². The third kappa shape index (κ3) is 1.80. The topological polar surface area (TPSA) is 0 Å². The van der Waals surface area contributed by atoms with Gasteiger partial charge in [-0.05, 0) is 62.6 Å². The molecule has 0 aromatic heterocycles. The largest absolute Gasteiger partial charge is 0.142 e. The van der Waals surface area contributed by atoms with Gasteiger partial charge in [-0.3, -0.25) is 0 Å². The summed E-state index contributed by atoms with van der Waals surface area (Å²) in [5.41, 5.74) is 0. The second kappa shape index (κ2) is 4.44. The maximum Gasteiger partial charge on any atom is 0.0253 e. The molecule has 4 aromatic rings. The fourth-order valence-electron chi connectivity index (χ4n) is 2.74. The molecule has 0 bridgehead atoms. The number of hydrogen-bond acceptors (Lipinski definition) is 2. The maximum atomic E-state index is 4.59. The molecule has 20 heavy (non-hydrogen) atoms. The van der Waals surface area contributed by atoms with Crippen LogP contribution >= 0.6 is 25.3 Å². The minimum atomic E-state index is 0.918. The van der Waals surface area contributed by atoms with Gasteiger partial charge in [0.25, 0.3) is 0 Å². The molecule has 4 aromatic carbocycles. The summed E-state index contributed by atoms with van der Waals surface area (Å²) in [5, 5.41) is 7.40. The molecule has 0 aliphatic carbocycles. The van der Waals surface area contributed by atoms with E-state index in [2.05, 4.69) is 79.9 Å². The van der Waals surface area contributed by atoms with Crippen molar-refractivity contribution in [2.45, 2.75) is 9.79 Å². The van der Waals surface area contributed by atoms with Gasteiger partial charge < -0.3 is 0 Å². The molecule has 0 radical (unpaired) electrons. The number of rotatable bonds is 0. The van der Waals surface area contributed by atoms with E-state index in [1.54, 1.807) is 0 Å². The van der Waals surface area contributed by atoms with Gasteiger partial charge >= 0.3 is 0 Å². The lowest BCUT2D eigenvalue weighted by atomic mass is 10.00. The average Bonchev–Trinajstić information content (AvgIpc) is 2.47. The SMILES string of the molecule is Sc1ccc2cc3cc4ccccc4cc3cc2c1S. The van der Waals surface area contributed by atoms with E-state index < -0.39 is 0 Å². The molecule has 0 amide bonds. The van der Waals surface area contributed by atoms with Gasteiger partial charge in [0, 0.05) is 9.79 Å². The summed E-state index contributed by atoms with van der Waals surface area (Å²) in [4.78, 5) is 1.86. The molecule has 4 rings (SSSR count). The molecule has 0 atom stereocenters. The predicted octanol–water partition coefficient (Wildman–Crippen LogP) is 5.72. The third-order valence-corrected chi connectivity index (χ3v) is 4.82. The number of benzene rings is 4. The zero-order valence-electron chi connectivity index (χ0n) is 10.7. The van der Waals surface area contributed by atoms with Gasteiger partial charge in [0.2, 0.25) is 0 Å². The maximum absolute atomic E-state index is 4.59. The Morgan fingerprint density at radius 2 is 1.15 bits per heavy atom. The summed E-state index contributed by atoms with van der Waals surface area (Å²) in [6.07, 6.45) is 0. The fraction of sp³-hybridized carbons (Fsp3) is 0. The van der Waals surface area contributed by atoms with E-state index in [1.807, 2.05) is 6.07 Å². The first-order valence-corrected chi connectivity index (χ1v) is 7.39. The molecule has 0 saturated carbocycles. The highest BCUT2D eigenvalue weighted by atomic mass is 32.1. The number of fused-ring (bicyclic) bond motifs is 3. The summed E-state index contributed by atoms with van der Waals surface area (Å²) < 4.78 is 0. The van der Waals surface area contributed by atoms with Crippen LogP contribution in [0.2, 0.25) is 0 Å². The summed E-state index contributed by atoms with van der Waals surface area (Å²) >= 11 is 9.04. The van der Waals surface area contributed by atoms with E-state index in [0.717, 1.165) is 15.2 Å². The predicted molar refractivity (Wildman–Crippen MR) is 93.5 cm³/mol. The van der Waals surface area contributed by atoms with E-state index in [9.17, 15) is 0 Å². The van der Waals surface area contributed by atoms with Crippen LogP contribution in [0.25, 0.3) is 32.3 Å². The number of hydrogen-bond donors (Lipinski definition) is 2. The molecule has 0 unspecified atom stereocenters. The Morgan fingerprint density at radius 3 is 1.85 bits per heavy atom. The molecular formula is C18H12S2. The van der Waals surface area contributed by atoms with Gasteiger partial charge in [-0.25, -0.2) is 0 Å². The third-order valence-electron chi connectivity index (χ3n) is 3.79. The highest BCUT2D eigenvalue weighted by Crippen LogP contribution is 2.33. The van der Waals surface area contributed by atoms with Gasteiger partial charge in [-0.1, -0.05) is 30.3 Å². The molecule has 0 N–H and O–H groups in total. The zero-order chi connectivity index (χ0) is 13.7. The first-order valence-electron chi connectivity index (χ1n) is 6.49. The summed E-state index contributed by atoms with van der Waals surface area (Å²) in [7, 11) is 0. The Bertz CT molecular complexity index is 971. The molecule has 2 heteroatoms. The summed E-state index contributed by atoms with van der Waals surface area (Å²) in [6, 6.07) is 21.5. The molecule has 0 spiro atoms. The van der Waals surface area contributed by atoms with Crippen LogP contribution in [0.1, 0.15) is 0 Å². The second-order valence-corrected chi connectivity index (χ2v) is 5.98. The minimum Gasteiger partial charge on any atom is -0.142 e. The van der Waals surface area contributed by atoms with Gasteiger partial charge in [0.15, 0.2) is 0 Å². The van der Waals surface area contributed by atoms with E-state index in [4.69, 9.17) is 0 Å². The van der Waals surface area contributed by atoms with Crippen molar-refractivity contribution in [3.63, 3.8) is 0 Å². The standard InChI is InChI=1S/C18H12S2/c19-17-6-5-13-9-14-7-11-3-1-2-4-12(11)8-15(14)10-16(13)18(17)20/h1-10,19-20H. The van der Waals surface area contributed by atoms with E-state index in [0.29, 0.717) is 0 Å². The first kappa shape index (κ1) is 12.1. The van der Waals surface area contributed by atoms with Crippen molar-refractivity contribution in [3.8, 4) is 0 Å². The molecule has 0 heterocycles. The van der Waals surface area contributed by atoms with Crippen molar-refractivity contribution in [1.29, 1.82) is 0 Å². The van der Waals surface area contributed by atoms with Crippen LogP contribution in [-0.4, -0.2) is 0 Å². The number of thiol groups is 2. The van der Waals surface area contributed by atoms with Crippen LogP contribution in [0.15, 0.2) is 70.5 Å². The van der Waals surface area contributed by atoms with Crippen molar-refractivity contribution < 1.29 is 0 Å². The smallest absolute Gasteiger partial charge is 0.0253 e. The monoisotopic (exact) mass is 292 g/mol. The molecule has 96 valence electrons. The Labute approximate surface area is 128 Å². The Hall–Kier alpha value is -1.64. The van der Waals surface area contributed by atoms with E-state index in [-0.39, 0.29) is 0 Å². The molecule has 0 aliphatic heterocycles. The summed E-state index contributed by atoms with van der Waals surface area (Å²) in [5.74, 6) is 0. The normalized spacial score (nSPS) is 11.5. The fourth-order valence-corrected chi connectivity index (χ4v) is 3.20. The molecule has 0 aliphatic rings. The van der Waals surface area contributed by atoms with Crippen LogP contribution < -0.4 is 0 Å². The van der Waals surface area contributed by atoms with Gasteiger partial charge in [-0.2, -0.15) is 0 Å². The lowest BCUT2D eigenvalue weighted by molar-refractivity contribution is 1.33. The minimum absolute atomic E-state index is 0.918. The quantitative estimate of drug-likeness (QED) is 0.300. The van der Waals surface area contributed by atoms with Crippen molar-refractivity contribution in [2.75, 3.05) is 0 Å². The van der Waals surface area contributed by atoms with Crippen molar-refractivity contribution in [2.24, 2.45) is 0 Å². The zero-order valence-corrected chi connectivity index (χ0v) is 12.5. The van der Waals surface area contributed by atoms with Crippen molar-refractivity contribution in [3.05, 3.63) is 60.7 Å². The average molecular weight is 292 g/mol. The molecule has 0 fully saturated rings. The Balaban J connectivity index is 2.18. The van der Waals surface area contributed by atoms with Crippen molar-refractivity contribution in [1.82, 2.24) is 0 Å². The molecule has 0 nitrogen and oxygen atoms in total. The van der Waals surface area contributed by atoms with Gasteiger partial charge in [0.1, 0.15) is 0 Å². The Morgan fingerprint density at radius 1 is 0.550 bits per heavy atom. The highest BCUT2D eigenvalue weighted by molar-refractivity contribution is 7.83. The van der Waals surface area contributed by atoms with Crippen LogP contribution in [-0.2, 0) is 0 Å². The molecular weight excluding hydrogens is 280 g/mol. The molecule has 0 saturated heterocycles. The van der Waals surface area contributed by atoms with Crippen molar-refractivity contribution >= 4 is 57.6 Å².